The minimum absolute atomic E-state index is 0.106. The van der Waals surface area contributed by atoms with E-state index in [1.807, 2.05) is 77.8 Å². The number of benzene rings is 4. The highest BCUT2D eigenvalue weighted by Gasteiger charge is 2.66. The Labute approximate surface area is 344 Å². The molecule has 8 rings (SSSR count). The second kappa shape index (κ2) is 16.2. The molecule has 4 heterocycles. The number of nitro benzene ring substituents is 1. The van der Waals surface area contributed by atoms with Crippen molar-refractivity contribution in [2.75, 3.05) is 30.1 Å². The van der Waals surface area contributed by atoms with Gasteiger partial charge >= 0.3 is 0 Å². The van der Waals surface area contributed by atoms with E-state index in [2.05, 4.69) is 42.5 Å². The van der Waals surface area contributed by atoms with Crippen molar-refractivity contribution in [1.82, 2.24) is 15.0 Å². The second-order valence-electron chi connectivity index (χ2n) is 16.5. The topological polar surface area (TPSA) is 153 Å². The molecule has 1 N–H and O–H groups in total. The SMILES string of the molecule is COc1ccc([Si](C)(C)[C@H]2[C@H](CCn3cc(C(CO)c4ccccc4)nn3)O[C@@]3(C(=O)N(Cc4ccc(N5CCCCC5=O)cc4)c4ccc([N+](=O)[O-])cc43)[C@@H]2C)cc1. The first-order chi connectivity index (χ1) is 28.5. The summed E-state index contributed by atoms with van der Waals surface area (Å²) in [7, 11) is -0.870. The van der Waals surface area contributed by atoms with Crippen LogP contribution >= 0.6 is 0 Å². The van der Waals surface area contributed by atoms with Crippen LogP contribution in [0.15, 0.2) is 103 Å². The third-order valence-corrected chi connectivity index (χ3v) is 17.2. The fourth-order valence-electron chi connectivity index (χ4n) is 9.78. The fourth-order valence-corrected chi connectivity index (χ4v) is 13.8. The number of fused-ring (bicyclic) bond motifs is 2. The first-order valence-corrected chi connectivity index (χ1v) is 23.4. The summed E-state index contributed by atoms with van der Waals surface area (Å²) < 4.78 is 14.5. The third-order valence-electron chi connectivity index (χ3n) is 12.9. The first-order valence-electron chi connectivity index (χ1n) is 20.3. The van der Waals surface area contributed by atoms with Gasteiger partial charge in [-0.25, -0.2) is 0 Å². The summed E-state index contributed by atoms with van der Waals surface area (Å²) in [6.45, 7) is 7.87. The molecular weight excluding hydrogens is 765 g/mol. The van der Waals surface area contributed by atoms with Gasteiger partial charge in [-0.05, 0) is 66.3 Å². The van der Waals surface area contributed by atoms with Crippen molar-refractivity contribution in [1.29, 1.82) is 0 Å². The van der Waals surface area contributed by atoms with Crippen LogP contribution in [0.5, 0.6) is 5.75 Å². The molecule has 5 atom stereocenters. The monoisotopic (exact) mass is 814 g/mol. The number of methoxy groups -OCH3 is 1. The van der Waals surface area contributed by atoms with Crippen molar-refractivity contribution in [2.45, 2.75) is 82.0 Å². The van der Waals surface area contributed by atoms with E-state index < -0.39 is 24.7 Å². The van der Waals surface area contributed by atoms with E-state index in [0.29, 0.717) is 42.9 Å². The van der Waals surface area contributed by atoms with Crippen LogP contribution < -0.4 is 19.7 Å². The Kier molecular flexibility index (Phi) is 11.0. The Balaban J connectivity index is 1.15. The molecule has 0 bridgehead atoms. The number of hydrogen-bond donors (Lipinski definition) is 1. The normalized spacial score (nSPS) is 22.2. The van der Waals surface area contributed by atoms with Gasteiger partial charge in [0.25, 0.3) is 11.6 Å². The molecule has 1 unspecified atom stereocenters. The number of non-ortho nitro benzene ring substituents is 1. The molecule has 5 aromatic rings. The molecule has 2 amide bonds. The standard InChI is InChI=1S/C45H50N6O7Si/c1-30-43(59(3,4)36-20-18-35(57-2)19-21-36)41(23-25-48-28-39(46-47-48)37(29-52)32-10-6-5-7-11-32)58-45(30)38-26-34(51(55)56)17-22-40(38)50(44(45)54)27-31-13-15-33(16-14-31)49-24-9-8-12-42(49)53/h5-7,10-11,13-22,26,28,30,37,41,43,52H,8-9,12,23-25,27,29H2,1-4H3/t30-,37?,41+,43-,45+/m1/s1. The average molecular weight is 815 g/mol. The molecule has 3 aliphatic rings. The number of carbonyl (C=O) groups is 2. The summed E-state index contributed by atoms with van der Waals surface area (Å²) in [5.74, 6) is -0.0911. The van der Waals surface area contributed by atoms with Gasteiger partial charge in [0, 0.05) is 55.0 Å². The number of amides is 2. The number of rotatable bonds is 13. The van der Waals surface area contributed by atoms with Crippen molar-refractivity contribution in [3.63, 3.8) is 0 Å². The number of aromatic nitrogens is 3. The highest BCUT2D eigenvalue weighted by molar-refractivity contribution is 6.91. The van der Waals surface area contributed by atoms with Crippen LogP contribution in [0.4, 0.5) is 17.1 Å². The van der Waals surface area contributed by atoms with Gasteiger partial charge < -0.3 is 24.4 Å². The predicted octanol–water partition coefficient (Wildman–Crippen LogP) is 6.69. The minimum Gasteiger partial charge on any atom is -0.497 e. The van der Waals surface area contributed by atoms with Crippen LogP contribution in [0.25, 0.3) is 0 Å². The number of ether oxygens (including phenoxy) is 2. The van der Waals surface area contributed by atoms with Gasteiger partial charge in [-0.1, -0.05) is 85.0 Å². The van der Waals surface area contributed by atoms with Gasteiger partial charge in [0.1, 0.15) is 5.75 Å². The van der Waals surface area contributed by atoms with Crippen LogP contribution in [0.2, 0.25) is 18.6 Å². The number of anilines is 2. The maximum absolute atomic E-state index is 15.3. The Morgan fingerprint density at radius 3 is 2.44 bits per heavy atom. The van der Waals surface area contributed by atoms with Gasteiger partial charge in [-0.2, -0.15) is 0 Å². The molecule has 2 fully saturated rings. The lowest BCUT2D eigenvalue weighted by atomic mass is 9.82. The van der Waals surface area contributed by atoms with E-state index in [0.717, 1.165) is 35.4 Å². The zero-order valence-electron chi connectivity index (χ0n) is 33.9. The van der Waals surface area contributed by atoms with Gasteiger partial charge in [0.2, 0.25) is 5.91 Å². The number of nitro groups is 1. The molecular formula is C45H50N6O7Si. The van der Waals surface area contributed by atoms with Crippen molar-refractivity contribution in [2.24, 2.45) is 5.92 Å². The van der Waals surface area contributed by atoms with Crippen LogP contribution in [0, 0.1) is 16.0 Å². The van der Waals surface area contributed by atoms with E-state index in [1.54, 1.807) is 22.8 Å². The highest BCUT2D eigenvalue weighted by atomic mass is 28.3. The summed E-state index contributed by atoms with van der Waals surface area (Å²) >= 11 is 0. The van der Waals surface area contributed by atoms with Gasteiger partial charge in [-0.15, -0.1) is 5.10 Å². The highest BCUT2D eigenvalue weighted by Crippen LogP contribution is 2.60. The Morgan fingerprint density at radius 1 is 1.02 bits per heavy atom. The Morgan fingerprint density at radius 2 is 1.76 bits per heavy atom. The number of carbonyl (C=O) groups excluding carboxylic acids is 2. The van der Waals surface area contributed by atoms with E-state index in [-0.39, 0.29) is 48.0 Å². The van der Waals surface area contributed by atoms with Crippen LogP contribution in [-0.2, 0) is 33.0 Å². The average Bonchev–Trinajstić information content (AvgIpc) is 3.91. The van der Waals surface area contributed by atoms with Crippen molar-refractivity contribution < 1.29 is 29.1 Å². The first kappa shape index (κ1) is 40.1. The molecule has 13 nitrogen and oxygen atoms in total. The fraction of sp³-hybridized carbons (Fsp3) is 0.378. The lowest BCUT2D eigenvalue weighted by Gasteiger charge is -2.37. The summed E-state index contributed by atoms with van der Waals surface area (Å²) in [4.78, 5) is 43.3. The summed E-state index contributed by atoms with van der Waals surface area (Å²) in [6, 6.07) is 30.2. The smallest absolute Gasteiger partial charge is 0.269 e. The summed E-state index contributed by atoms with van der Waals surface area (Å²) in [5.41, 5.74) is 2.66. The predicted molar refractivity (Wildman–Crippen MR) is 227 cm³/mol. The number of aliphatic hydroxyl groups excluding tert-OH is 1. The summed E-state index contributed by atoms with van der Waals surface area (Å²) in [6.07, 6.45) is 4.31. The van der Waals surface area contributed by atoms with Gasteiger partial charge in [0.15, 0.2) is 5.60 Å². The van der Waals surface area contributed by atoms with E-state index in [4.69, 9.17) is 9.47 Å². The Hall–Kier alpha value is -5.70. The second-order valence-corrected chi connectivity index (χ2v) is 21.2. The molecule has 2 saturated heterocycles. The lowest BCUT2D eigenvalue weighted by molar-refractivity contribution is -0.385. The van der Waals surface area contributed by atoms with Crippen LogP contribution in [-0.4, -0.2) is 71.3 Å². The molecule has 0 aliphatic carbocycles. The maximum atomic E-state index is 15.3. The Bertz CT molecular complexity index is 2340. The zero-order valence-corrected chi connectivity index (χ0v) is 34.9. The largest absolute Gasteiger partial charge is 0.497 e. The lowest BCUT2D eigenvalue weighted by Crippen LogP contribution is -2.51. The molecule has 14 heteroatoms. The van der Waals surface area contributed by atoms with Crippen LogP contribution in [0.1, 0.15) is 60.9 Å². The minimum atomic E-state index is -2.51. The molecule has 0 saturated carbocycles. The van der Waals surface area contributed by atoms with E-state index >= 15 is 4.79 Å². The number of piperidine rings is 1. The third kappa shape index (κ3) is 7.23. The van der Waals surface area contributed by atoms with Crippen LogP contribution in [0.3, 0.4) is 0 Å². The number of aliphatic hydroxyl groups is 1. The quantitative estimate of drug-likeness (QED) is 0.0779. The summed E-state index contributed by atoms with van der Waals surface area (Å²) in [5, 5.41) is 32.7. The van der Waals surface area contributed by atoms with Crippen molar-refractivity contribution >= 4 is 42.1 Å². The van der Waals surface area contributed by atoms with Gasteiger partial charge in [0.05, 0.1) is 56.7 Å². The molecule has 59 heavy (non-hydrogen) atoms. The van der Waals surface area contributed by atoms with Gasteiger partial charge in [-0.3, -0.25) is 24.4 Å². The number of nitrogens with zero attached hydrogens (tertiary/aromatic N) is 6. The van der Waals surface area contributed by atoms with Crippen molar-refractivity contribution in [3.8, 4) is 5.75 Å². The molecule has 3 aliphatic heterocycles. The molecule has 306 valence electrons. The van der Waals surface area contributed by atoms with E-state index in [1.165, 1.54) is 17.3 Å². The maximum Gasteiger partial charge on any atom is 0.269 e. The van der Waals surface area contributed by atoms with E-state index in [9.17, 15) is 20.0 Å². The number of aryl methyl sites for hydroxylation is 1. The number of hydrogen-bond acceptors (Lipinski definition) is 9. The zero-order chi connectivity index (χ0) is 41.5. The molecule has 1 spiro atoms. The molecule has 1 aromatic heterocycles. The molecule has 0 radical (unpaired) electrons. The van der Waals surface area contributed by atoms with Crippen molar-refractivity contribution in [3.05, 3.63) is 136 Å². The molecule has 4 aromatic carbocycles.